The van der Waals surface area contributed by atoms with Crippen molar-refractivity contribution in [2.45, 2.75) is 32.3 Å². The van der Waals surface area contributed by atoms with E-state index in [9.17, 15) is 9.90 Å². The van der Waals surface area contributed by atoms with Crippen LogP contribution in [0.4, 0.5) is 5.13 Å². The molecule has 0 radical (unpaired) electrons. The number of thiazole rings is 1. The van der Waals surface area contributed by atoms with Crippen LogP contribution < -0.4 is 5.32 Å². The van der Waals surface area contributed by atoms with E-state index in [-0.39, 0.29) is 12.5 Å². The second-order valence-electron chi connectivity index (χ2n) is 5.15. The number of hydrogen-bond donors (Lipinski definition) is 2. The van der Waals surface area contributed by atoms with Crippen LogP contribution in [0.2, 0.25) is 0 Å². The molecule has 110 valence electrons. The van der Waals surface area contributed by atoms with Crippen molar-refractivity contribution < 1.29 is 9.90 Å². The molecule has 1 amide bonds. The van der Waals surface area contributed by atoms with E-state index in [4.69, 9.17) is 17.1 Å². The van der Waals surface area contributed by atoms with Gasteiger partial charge in [0, 0.05) is 23.1 Å². The van der Waals surface area contributed by atoms with Crippen LogP contribution in [0.15, 0.2) is 11.3 Å². The van der Waals surface area contributed by atoms with Crippen molar-refractivity contribution in [1.29, 1.82) is 0 Å². The van der Waals surface area contributed by atoms with Gasteiger partial charge in [0.05, 0.1) is 10.3 Å². The van der Waals surface area contributed by atoms with E-state index in [0.29, 0.717) is 10.0 Å². The van der Waals surface area contributed by atoms with Crippen molar-refractivity contribution in [2.24, 2.45) is 10.5 Å². The van der Waals surface area contributed by atoms with Crippen LogP contribution in [0, 0.1) is 5.41 Å². The number of aliphatic hydroxyl groups excluding tert-OH is 1. The van der Waals surface area contributed by atoms with Gasteiger partial charge in [-0.2, -0.15) is 0 Å². The first kappa shape index (κ1) is 16.7. The fourth-order valence-electron chi connectivity index (χ4n) is 1.16. The van der Waals surface area contributed by atoms with Gasteiger partial charge < -0.3 is 10.4 Å². The van der Waals surface area contributed by atoms with Gasteiger partial charge in [0.15, 0.2) is 5.13 Å². The van der Waals surface area contributed by atoms with Gasteiger partial charge in [-0.25, -0.2) is 4.98 Å². The predicted octanol–water partition coefficient (Wildman–Crippen LogP) is 3.08. The number of hydrogen-bond acceptors (Lipinski definition) is 5. The quantitative estimate of drug-likeness (QED) is 0.376. The van der Waals surface area contributed by atoms with Crippen molar-refractivity contribution in [3.8, 4) is 0 Å². The molecule has 20 heavy (non-hydrogen) atoms. The van der Waals surface area contributed by atoms with Crippen LogP contribution >= 0.6 is 22.9 Å². The second kappa shape index (κ2) is 6.90. The van der Waals surface area contributed by atoms with Crippen LogP contribution in [-0.2, 0) is 4.79 Å². The van der Waals surface area contributed by atoms with Gasteiger partial charge in [-0.15, -0.1) is 11.6 Å². The van der Waals surface area contributed by atoms with Gasteiger partial charge in [0.2, 0.25) is 5.91 Å². The molecule has 0 saturated heterocycles. The van der Waals surface area contributed by atoms with E-state index < -0.39 is 16.9 Å². The van der Waals surface area contributed by atoms with Crippen LogP contribution in [-0.4, -0.2) is 27.9 Å². The monoisotopic (exact) mass is 317 g/mol. The molecular weight excluding hydrogens is 302 g/mol. The van der Waals surface area contributed by atoms with Gasteiger partial charge in [-0.3, -0.25) is 4.79 Å². The number of nitrogens with zero attached hydrogens (tertiary/aromatic N) is 4. The first-order valence-electron chi connectivity index (χ1n) is 5.86. The third kappa shape index (κ3) is 4.64. The van der Waals surface area contributed by atoms with E-state index in [2.05, 4.69) is 20.3 Å². The molecule has 1 aromatic heterocycles. The Morgan fingerprint density at radius 3 is 2.90 bits per heavy atom. The van der Waals surface area contributed by atoms with E-state index in [0.717, 1.165) is 11.3 Å². The number of halogens is 1. The molecule has 7 nitrogen and oxygen atoms in total. The summed E-state index contributed by atoms with van der Waals surface area (Å²) < 4.78 is 0. The van der Waals surface area contributed by atoms with Crippen molar-refractivity contribution in [3.05, 3.63) is 21.5 Å². The smallest absolute Gasteiger partial charge is 0.231 e. The van der Waals surface area contributed by atoms with Crippen LogP contribution in [0.5, 0.6) is 0 Å². The Morgan fingerprint density at radius 1 is 1.70 bits per heavy atom. The average Bonchev–Trinajstić information content (AvgIpc) is 2.82. The lowest BCUT2D eigenvalue weighted by Gasteiger charge is -2.16. The van der Waals surface area contributed by atoms with E-state index in [1.54, 1.807) is 20.8 Å². The zero-order chi connectivity index (χ0) is 15.3. The summed E-state index contributed by atoms with van der Waals surface area (Å²) in [5, 5.41) is 15.6. The maximum Gasteiger partial charge on any atom is 0.231 e. The molecule has 1 heterocycles. The molecule has 0 aliphatic rings. The number of anilines is 1. The maximum atomic E-state index is 11.8. The highest BCUT2D eigenvalue weighted by atomic mass is 35.5. The second-order valence-corrected chi connectivity index (χ2v) is 6.77. The maximum absolute atomic E-state index is 11.8. The number of rotatable bonds is 5. The first-order valence-corrected chi connectivity index (χ1v) is 7.11. The van der Waals surface area contributed by atoms with Gasteiger partial charge in [0.25, 0.3) is 0 Å². The van der Waals surface area contributed by atoms with Gasteiger partial charge in [-0.1, -0.05) is 37.2 Å². The molecule has 2 N–H and O–H groups in total. The highest BCUT2D eigenvalue weighted by molar-refractivity contribution is 7.15. The predicted molar refractivity (Wildman–Crippen MR) is 78.8 cm³/mol. The molecule has 0 aliphatic carbocycles. The zero-order valence-electron chi connectivity index (χ0n) is 11.4. The van der Waals surface area contributed by atoms with E-state index in [1.807, 2.05) is 0 Å². The molecular formula is C11H16ClN5O2S. The number of carbonyl (C=O) groups is 1. The average molecular weight is 318 g/mol. The van der Waals surface area contributed by atoms with E-state index >= 15 is 0 Å². The fourth-order valence-corrected chi connectivity index (χ4v) is 2.29. The van der Waals surface area contributed by atoms with Crippen molar-refractivity contribution in [2.75, 3.05) is 11.9 Å². The summed E-state index contributed by atoms with van der Waals surface area (Å²) in [6, 6.07) is 0. The standard InChI is InChI=1S/C11H16ClN5O2S/c1-11(2,3)9(19)16-10-14-5-7(20-10)8(18)6(12)4-15-17-13/h5-6,8,18H,4H2,1-3H3,(H,14,16,19)/t6-,8+/m0/s1. The molecule has 0 spiro atoms. The molecule has 0 fully saturated rings. The summed E-state index contributed by atoms with van der Waals surface area (Å²) in [6.07, 6.45) is 0.443. The number of alkyl halides is 1. The van der Waals surface area contributed by atoms with Crippen molar-refractivity contribution in [1.82, 2.24) is 4.98 Å². The molecule has 1 aromatic rings. The van der Waals surface area contributed by atoms with Crippen LogP contribution in [0.25, 0.3) is 10.4 Å². The number of nitrogens with one attached hydrogen (secondary N) is 1. The van der Waals surface area contributed by atoms with Crippen molar-refractivity contribution >= 4 is 34.0 Å². The summed E-state index contributed by atoms with van der Waals surface area (Å²) in [6.45, 7) is 5.35. The Balaban J connectivity index is 2.72. The van der Waals surface area contributed by atoms with Crippen LogP contribution in [0.3, 0.4) is 0 Å². The summed E-state index contributed by atoms with van der Waals surface area (Å²) in [4.78, 5) is 18.9. The third-order valence-electron chi connectivity index (χ3n) is 2.38. The summed E-state index contributed by atoms with van der Waals surface area (Å²) in [5.41, 5.74) is 7.68. The zero-order valence-corrected chi connectivity index (χ0v) is 12.9. The number of aromatic nitrogens is 1. The normalized spacial score (nSPS) is 14.2. The van der Waals surface area contributed by atoms with Gasteiger partial charge in [-0.05, 0) is 5.53 Å². The molecule has 0 saturated carbocycles. The molecule has 0 aromatic carbocycles. The SMILES string of the molecule is CC(C)(C)C(=O)Nc1ncc([C@H](O)[C@@H](Cl)CN=[N+]=[N-])s1. The Hall–Kier alpha value is -1.34. The van der Waals surface area contributed by atoms with Crippen molar-refractivity contribution in [3.63, 3.8) is 0 Å². The minimum Gasteiger partial charge on any atom is -0.386 e. The minimum atomic E-state index is -1.00. The minimum absolute atomic E-state index is 0.0270. The first-order chi connectivity index (χ1) is 9.25. The number of amides is 1. The number of azide groups is 1. The summed E-state index contributed by atoms with van der Waals surface area (Å²) in [5.74, 6) is -0.163. The third-order valence-corrected chi connectivity index (χ3v) is 3.74. The highest BCUT2D eigenvalue weighted by Gasteiger charge is 2.24. The summed E-state index contributed by atoms with van der Waals surface area (Å²) >= 11 is 7.04. The number of aliphatic hydroxyl groups is 1. The Labute approximate surface area is 125 Å². The lowest BCUT2D eigenvalue weighted by molar-refractivity contribution is -0.123. The van der Waals surface area contributed by atoms with Gasteiger partial charge in [0.1, 0.15) is 6.10 Å². The Bertz CT molecular complexity index is 521. The molecule has 9 heteroatoms. The van der Waals surface area contributed by atoms with E-state index in [1.165, 1.54) is 6.20 Å². The number of carbonyl (C=O) groups excluding carboxylic acids is 1. The topological polar surface area (TPSA) is 111 Å². The molecule has 2 atom stereocenters. The molecule has 0 unspecified atom stereocenters. The van der Waals surface area contributed by atoms with Gasteiger partial charge >= 0.3 is 0 Å². The molecule has 0 bridgehead atoms. The lowest BCUT2D eigenvalue weighted by atomic mass is 9.96. The largest absolute Gasteiger partial charge is 0.386 e. The fraction of sp³-hybridized carbons (Fsp3) is 0.636. The summed E-state index contributed by atoms with van der Waals surface area (Å²) in [7, 11) is 0. The Kier molecular flexibility index (Phi) is 5.76. The highest BCUT2D eigenvalue weighted by Crippen LogP contribution is 2.29. The Morgan fingerprint density at radius 2 is 2.35 bits per heavy atom. The molecule has 0 aliphatic heterocycles. The lowest BCUT2D eigenvalue weighted by Crippen LogP contribution is -2.27. The van der Waals surface area contributed by atoms with Crippen LogP contribution in [0.1, 0.15) is 31.8 Å². The molecule has 1 rings (SSSR count).